The molecule has 0 bridgehead atoms. The van der Waals surface area contributed by atoms with Crippen LogP contribution >= 0.6 is 11.6 Å². The van der Waals surface area contributed by atoms with Crippen LogP contribution in [0.5, 0.6) is 0 Å². The van der Waals surface area contributed by atoms with E-state index in [4.69, 9.17) is 16.0 Å². The van der Waals surface area contributed by atoms with Crippen LogP contribution in [0.15, 0.2) is 81.8 Å². The van der Waals surface area contributed by atoms with Gasteiger partial charge in [-0.2, -0.15) is 13.2 Å². The Kier molecular flexibility index (Phi) is 4.19. The Hall–Kier alpha value is -3.59. The number of nitrogens with one attached hydrogen (secondary N) is 1. The van der Waals surface area contributed by atoms with Gasteiger partial charge in [-0.25, -0.2) is 19.8 Å². The maximum absolute atomic E-state index is 13.5. The van der Waals surface area contributed by atoms with Gasteiger partial charge in [-0.15, -0.1) is 0 Å². The number of alkyl halides is 4. The Morgan fingerprint density at radius 3 is 2.45 bits per heavy atom. The third-order valence-corrected chi connectivity index (χ3v) is 5.31. The Morgan fingerprint density at radius 1 is 1.06 bits per heavy atom. The number of allylic oxidation sites excluding steroid dienone is 1. The molecule has 0 amide bonds. The van der Waals surface area contributed by atoms with Gasteiger partial charge in [0.2, 0.25) is 10.9 Å². The number of aromatic nitrogens is 2. The summed E-state index contributed by atoms with van der Waals surface area (Å²) in [4.78, 5) is 19.0. The fraction of sp³-hybridized carbons (Fsp3) is 0.0952. The SMILES string of the molecule is O=c1oc(C2(Cl)C=C(C(F)(F)F)NN2c2ccccn2)nc2cc3ccccc3cc12. The topological polar surface area (TPSA) is 71.3 Å². The number of halogens is 4. The Bertz CT molecular complexity index is 1400. The lowest BCUT2D eigenvalue weighted by atomic mass is 10.1. The van der Waals surface area contributed by atoms with Gasteiger partial charge in [0.25, 0.3) is 0 Å². The monoisotopic (exact) mass is 444 g/mol. The second-order valence-corrected chi connectivity index (χ2v) is 7.46. The summed E-state index contributed by atoms with van der Waals surface area (Å²) < 4.78 is 45.7. The van der Waals surface area contributed by atoms with Crippen molar-refractivity contribution < 1.29 is 17.6 Å². The van der Waals surface area contributed by atoms with Crippen molar-refractivity contribution >= 4 is 39.1 Å². The highest BCUT2D eigenvalue weighted by Gasteiger charge is 2.51. The summed E-state index contributed by atoms with van der Waals surface area (Å²) in [5.41, 5.74) is 0.564. The second kappa shape index (κ2) is 6.71. The van der Waals surface area contributed by atoms with E-state index in [0.29, 0.717) is 6.08 Å². The number of fused-ring (bicyclic) bond motifs is 2. The lowest BCUT2D eigenvalue weighted by molar-refractivity contribution is -0.0958. The Balaban J connectivity index is 1.74. The zero-order valence-corrected chi connectivity index (χ0v) is 16.3. The van der Waals surface area contributed by atoms with Gasteiger partial charge in [-0.1, -0.05) is 41.9 Å². The molecule has 0 spiro atoms. The van der Waals surface area contributed by atoms with Gasteiger partial charge < -0.3 is 4.42 Å². The molecule has 1 N–H and O–H groups in total. The van der Waals surface area contributed by atoms with Crippen LogP contribution in [-0.4, -0.2) is 16.1 Å². The molecule has 1 aliphatic rings. The molecule has 6 nitrogen and oxygen atoms in total. The maximum Gasteiger partial charge on any atom is 0.432 e. The highest BCUT2D eigenvalue weighted by Crippen LogP contribution is 2.43. The summed E-state index contributed by atoms with van der Waals surface area (Å²) >= 11 is 6.64. The fourth-order valence-corrected chi connectivity index (χ4v) is 3.73. The molecule has 156 valence electrons. The Labute approximate surface area is 177 Å². The molecule has 0 radical (unpaired) electrons. The van der Waals surface area contributed by atoms with E-state index in [1.54, 1.807) is 24.3 Å². The van der Waals surface area contributed by atoms with E-state index in [2.05, 4.69) is 15.4 Å². The van der Waals surface area contributed by atoms with Gasteiger partial charge in [-0.3, -0.25) is 5.43 Å². The number of pyridine rings is 1. The van der Waals surface area contributed by atoms with E-state index in [0.717, 1.165) is 15.8 Å². The maximum atomic E-state index is 13.5. The van der Waals surface area contributed by atoms with Crippen LogP contribution in [0.3, 0.4) is 0 Å². The lowest BCUT2D eigenvalue weighted by Gasteiger charge is -2.30. The third kappa shape index (κ3) is 3.17. The predicted octanol–water partition coefficient (Wildman–Crippen LogP) is 4.60. The standard InChI is InChI=1S/C21H12ClF3N4O2/c22-20(11-16(21(23,24)25)28-29(20)17-7-3-4-8-26-17)19-27-15-10-13-6-2-1-5-12(13)9-14(15)18(30)31-19/h1-11,28H. The molecule has 0 saturated carbocycles. The molecule has 1 unspecified atom stereocenters. The van der Waals surface area contributed by atoms with Crippen molar-refractivity contribution in [3.63, 3.8) is 0 Å². The first-order chi connectivity index (χ1) is 14.8. The largest absolute Gasteiger partial charge is 0.432 e. The second-order valence-electron chi connectivity index (χ2n) is 6.89. The smallest absolute Gasteiger partial charge is 0.403 e. The first-order valence-corrected chi connectivity index (χ1v) is 9.44. The van der Waals surface area contributed by atoms with Crippen LogP contribution in [0.25, 0.3) is 21.7 Å². The number of hydrogen-bond acceptors (Lipinski definition) is 6. The number of benzene rings is 2. The van der Waals surface area contributed by atoms with Crippen molar-refractivity contribution in [1.29, 1.82) is 0 Å². The van der Waals surface area contributed by atoms with Gasteiger partial charge in [0.05, 0.1) is 10.9 Å². The highest BCUT2D eigenvalue weighted by molar-refractivity contribution is 6.26. The van der Waals surface area contributed by atoms with Crippen molar-refractivity contribution in [2.45, 2.75) is 11.2 Å². The molecular formula is C21H12ClF3N4O2. The molecular weight excluding hydrogens is 433 g/mol. The first-order valence-electron chi connectivity index (χ1n) is 9.07. The van der Waals surface area contributed by atoms with E-state index in [-0.39, 0.29) is 16.7 Å². The van der Waals surface area contributed by atoms with Crippen molar-refractivity contribution in [1.82, 2.24) is 15.4 Å². The number of rotatable bonds is 2. The van der Waals surface area contributed by atoms with E-state index >= 15 is 0 Å². The number of hydrogen-bond donors (Lipinski definition) is 1. The summed E-state index contributed by atoms with van der Waals surface area (Å²) in [6.07, 6.45) is -2.62. The summed E-state index contributed by atoms with van der Waals surface area (Å²) in [5, 5.41) is 2.75. The predicted molar refractivity (Wildman–Crippen MR) is 109 cm³/mol. The average molecular weight is 445 g/mol. The van der Waals surface area contributed by atoms with E-state index < -0.39 is 28.4 Å². The summed E-state index contributed by atoms with van der Waals surface area (Å²) in [6.45, 7) is 0. The molecule has 10 heteroatoms. The van der Waals surface area contributed by atoms with Crippen LogP contribution in [-0.2, 0) is 5.00 Å². The highest BCUT2D eigenvalue weighted by atomic mass is 35.5. The van der Waals surface area contributed by atoms with E-state index in [9.17, 15) is 18.0 Å². The van der Waals surface area contributed by atoms with Gasteiger partial charge in [0.15, 0.2) is 0 Å². The van der Waals surface area contributed by atoms with Crippen LogP contribution < -0.4 is 16.1 Å². The van der Waals surface area contributed by atoms with Gasteiger partial charge in [0.1, 0.15) is 11.5 Å². The molecule has 5 rings (SSSR count). The zero-order chi connectivity index (χ0) is 21.8. The van der Waals surface area contributed by atoms with Crippen LogP contribution in [0.1, 0.15) is 5.89 Å². The zero-order valence-electron chi connectivity index (χ0n) is 15.5. The lowest BCUT2D eigenvalue weighted by Crippen LogP contribution is -2.46. The number of anilines is 1. The van der Waals surface area contributed by atoms with Crippen molar-refractivity contribution in [3.05, 3.63) is 88.9 Å². The average Bonchev–Trinajstić information content (AvgIpc) is 3.12. The summed E-state index contributed by atoms with van der Waals surface area (Å²) in [7, 11) is 0. The van der Waals surface area contributed by atoms with Gasteiger partial charge in [-0.05, 0) is 41.1 Å². The summed E-state index contributed by atoms with van der Waals surface area (Å²) in [5.74, 6) is -0.338. The number of nitrogens with zero attached hydrogens (tertiary/aromatic N) is 3. The van der Waals surface area contributed by atoms with Crippen molar-refractivity contribution in [3.8, 4) is 0 Å². The number of hydrazine groups is 1. The minimum absolute atomic E-state index is 0.0797. The molecule has 0 saturated heterocycles. The van der Waals surface area contributed by atoms with Gasteiger partial charge in [0, 0.05) is 6.20 Å². The van der Waals surface area contributed by atoms with Gasteiger partial charge >= 0.3 is 11.8 Å². The Morgan fingerprint density at radius 2 is 1.77 bits per heavy atom. The molecule has 2 aromatic carbocycles. The molecule has 4 aromatic rings. The molecule has 1 aliphatic heterocycles. The van der Waals surface area contributed by atoms with E-state index in [1.165, 1.54) is 12.3 Å². The molecule has 2 aromatic heterocycles. The minimum Gasteiger partial charge on any atom is -0.403 e. The molecule has 0 aliphatic carbocycles. The van der Waals surface area contributed by atoms with Crippen molar-refractivity contribution in [2.24, 2.45) is 0 Å². The van der Waals surface area contributed by atoms with Crippen LogP contribution in [0.4, 0.5) is 19.0 Å². The normalized spacial score (nSPS) is 19.0. The van der Waals surface area contributed by atoms with Crippen molar-refractivity contribution in [2.75, 3.05) is 5.01 Å². The third-order valence-electron chi connectivity index (χ3n) is 4.87. The van der Waals surface area contributed by atoms with Crippen LogP contribution in [0.2, 0.25) is 0 Å². The van der Waals surface area contributed by atoms with Crippen LogP contribution in [0, 0.1) is 0 Å². The summed E-state index contributed by atoms with van der Waals surface area (Å²) in [6, 6.07) is 15.2. The molecule has 0 fully saturated rings. The fourth-order valence-electron chi connectivity index (χ4n) is 3.41. The molecule has 1 atom stereocenters. The minimum atomic E-state index is -4.73. The first kappa shape index (κ1) is 19.4. The molecule has 31 heavy (non-hydrogen) atoms. The quantitative estimate of drug-likeness (QED) is 0.277. The van der Waals surface area contributed by atoms with E-state index in [1.807, 2.05) is 24.3 Å². The molecule has 3 heterocycles.